The zero-order chi connectivity index (χ0) is 29.3. The van der Waals surface area contributed by atoms with E-state index in [2.05, 4.69) is 10.6 Å². The molecule has 0 aromatic heterocycles. The van der Waals surface area contributed by atoms with E-state index >= 15 is 0 Å². The molecule has 12 heteroatoms. The maximum absolute atomic E-state index is 13.8. The predicted molar refractivity (Wildman–Crippen MR) is 141 cm³/mol. The van der Waals surface area contributed by atoms with Crippen LogP contribution in [0.5, 0.6) is 0 Å². The molecule has 1 heterocycles. The average molecular weight is 581 g/mol. The van der Waals surface area contributed by atoms with Crippen LogP contribution in [-0.4, -0.2) is 47.6 Å². The average Bonchev–Trinajstić information content (AvgIpc) is 3.11. The molecule has 1 aliphatic heterocycles. The van der Waals surface area contributed by atoms with Gasteiger partial charge in [0.15, 0.2) is 6.04 Å². The SMILES string of the molecule is CC(C)NC(=O)C1N=C(C23CC(N(Cc4ccc(C(F)(F)F)cc4)S(=O)(=O)c4ccc(F)cc4)(C2)C3)NC1(C)C. The number of nitrogens with one attached hydrogen (secondary N) is 2. The highest BCUT2D eigenvalue weighted by Gasteiger charge is 2.75. The molecule has 2 aromatic carbocycles. The largest absolute Gasteiger partial charge is 0.416 e. The van der Waals surface area contributed by atoms with Crippen LogP contribution in [0.15, 0.2) is 58.4 Å². The van der Waals surface area contributed by atoms with Crippen LogP contribution in [0.1, 0.15) is 58.1 Å². The summed E-state index contributed by atoms with van der Waals surface area (Å²) in [4.78, 5) is 17.4. The van der Waals surface area contributed by atoms with Gasteiger partial charge in [-0.1, -0.05) is 12.1 Å². The molecule has 0 radical (unpaired) electrons. The normalized spacial score (nSPS) is 27.1. The van der Waals surface area contributed by atoms with Crippen molar-refractivity contribution in [2.24, 2.45) is 10.4 Å². The molecular formula is C28H32F4N4O3S. The number of hydrogen-bond donors (Lipinski definition) is 2. The Morgan fingerprint density at radius 3 is 2.17 bits per heavy atom. The molecule has 6 rings (SSSR count). The number of halogens is 4. The summed E-state index contributed by atoms with van der Waals surface area (Å²) in [5.74, 6) is -0.0923. The van der Waals surface area contributed by atoms with E-state index in [-0.39, 0.29) is 23.4 Å². The Morgan fingerprint density at radius 2 is 1.65 bits per heavy atom. The van der Waals surface area contributed by atoms with Crippen LogP contribution in [0.25, 0.3) is 0 Å². The van der Waals surface area contributed by atoms with E-state index in [1.807, 2.05) is 27.7 Å². The van der Waals surface area contributed by atoms with Gasteiger partial charge in [-0.3, -0.25) is 9.79 Å². The number of carbonyl (C=O) groups excluding carboxylic acids is 1. The molecule has 0 spiro atoms. The molecule has 2 aromatic rings. The van der Waals surface area contributed by atoms with Gasteiger partial charge in [-0.15, -0.1) is 0 Å². The molecule has 40 heavy (non-hydrogen) atoms. The number of carbonyl (C=O) groups is 1. The smallest absolute Gasteiger partial charge is 0.366 e. The van der Waals surface area contributed by atoms with Crippen molar-refractivity contribution in [3.05, 3.63) is 65.5 Å². The summed E-state index contributed by atoms with van der Waals surface area (Å²) in [5, 5.41) is 6.29. The first-order valence-electron chi connectivity index (χ1n) is 13.1. The van der Waals surface area contributed by atoms with Gasteiger partial charge in [-0.2, -0.15) is 17.5 Å². The zero-order valence-electron chi connectivity index (χ0n) is 22.6. The van der Waals surface area contributed by atoms with Crippen LogP contribution < -0.4 is 10.6 Å². The second kappa shape index (κ2) is 9.27. The molecule has 4 aliphatic rings. The summed E-state index contributed by atoms with van der Waals surface area (Å²) in [5.41, 5.74) is -2.24. The Hall–Kier alpha value is -2.99. The lowest BCUT2D eigenvalue weighted by atomic mass is 9.38. The minimum atomic E-state index is -4.51. The highest BCUT2D eigenvalue weighted by Crippen LogP contribution is 2.71. The molecule has 1 atom stereocenters. The fourth-order valence-electron chi connectivity index (χ4n) is 6.17. The van der Waals surface area contributed by atoms with Crippen molar-refractivity contribution in [1.82, 2.24) is 14.9 Å². The molecule has 216 valence electrons. The second-order valence-corrected chi connectivity index (χ2v) is 13.9. The van der Waals surface area contributed by atoms with Crippen molar-refractivity contribution in [2.75, 3.05) is 0 Å². The van der Waals surface area contributed by atoms with Gasteiger partial charge in [0.25, 0.3) is 0 Å². The predicted octanol–water partition coefficient (Wildman–Crippen LogP) is 4.63. The first kappa shape index (κ1) is 28.5. The van der Waals surface area contributed by atoms with Gasteiger partial charge in [-0.25, -0.2) is 12.8 Å². The van der Waals surface area contributed by atoms with Crippen molar-refractivity contribution in [1.29, 1.82) is 0 Å². The Labute approximate surface area is 231 Å². The molecule has 3 fully saturated rings. The van der Waals surface area contributed by atoms with Crippen LogP contribution in [0.4, 0.5) is 17.6 Å². The van der Waals surface area contributed by atoms with Gasteiger partial charge in [-0.05, 0) is 88.9 Å². The summed E-state index contributed by atoms with van der Waals surface area (Å²) in [7, 11) is -4.13. The van der Waals surface area contributed by atoms with Crippen molar-refractivity contribution in [2.45, 2.75) is 87.7 Å². The van der Waals surface area contributed by atoms with Crippen molar-refractivity contribution in [3.8, 4) is 0 Å². The lowest BCUT2D eigenvalue weighted by Crippen LogP contribution is -2.78. The third-order valence-electron chi connectivity index (χ3n) is 8.10. The number of amidine groups is 1. The summed E-state index contributed by atoms with van der Waals surface area (Å²) < 4.78 is 81.8. The first-order valence-corrected chi connectivity index (χ1v) is 14.5. The van der Waals surface area contributed by atoms with Crippen molar-refractivity contribution in [3.63, 3.8) is 0 Å². The monoisotopic (exact) mass is 580 g/mol. The van der Waals surface area contributed by atoms with Gasteiger partial charge in [0.05, 0.1) is 16.0 Å². The molecular weight excluding hydrogens is 548 g/mol. The molecule has 3 aliphatic carbocycles. The van der Waals surface area contributed by atoms with E-state index in [9.17, 15) is 30.8 Å². The summed E-state index contributed by atoms with van der Waals surface area (Å²) in [6.07, 6.45) is -3.17. The zero-order valence-corrected chi connectivity index (χ0v) is 23.5. The number of alkyl halides is 3. The van der Waals surface area contributed by atoms with E-state index in [0.717, 1.165) is 24.3 Å². The van der Waals surface area contributed by atoms with Crippen molar-refractivity contribution >= 4 is 21.8 Å². The summed E-state index contributed by atoms with van der Waals surface area (Å²) >= 11 is 0. The third kappa shape index (κ3) is 4.78. The number of hydrogen-bond acceptors (Lipinski definition) is 5. The highest BCUT2D eigenvalue weighted by atomic mass is 32.2. The van der Waals surface area contributed by atoms with Gasteiger partial charge >= 0.3 is 6.18 Å². The summed E-state index contributed by atoms with van der Waals surface area (Å²) in [6, 6.07) is 8.25. The van der Waals surface area contributed by atoms with Gasteiger partial charge in [0.1, 0.15) is 11.7 Å². The second-order valence-electron chi connectivity index (χ2n) is 12.1. The fraction of sp³-hybridized carbons (Fsp3) is 0.500. The van der Waals surface area contributed by atoms with Gasteiger partial charge < -0.3 is 10.6 Å². The molecule has 1 amide bonds. The van der Waals surface area contributed by atoms with E-state index in [4.69, 9.17) is 4.99 Å². The number of aliphatic imine (C=N–C) groups is 1. The third-order valence-corrected chi connectivity index (χ3v) is 10.1. The Morgan fingerprint density at radius 1 is 1.07 bits per heavy atom. The lowest BCUT2D eigenvalue weighted by Gasteiger charge is -2.73. The number of rotatable bonds is 8. The highest BCUT2D eigenvalue weighted by molar-refractivity contribution is 7.89. The van der Waals surface area contributed by atoms with E-state index in [0.29, 0.717) is 30.7 Å². The van der Waals surface area contributed by atoms with Crippen LogP contribution in [0.2, 0.25) is 0 Å². The maximum Gasteiger partial charge on any atom is 0.416 e. The van der Waals surface area contributed by atoms with Crippen LogP contribution in [0, 0.1) is 11.2 Å². The number of nitrogens with zero attached hydrogens (tertiary/aromatic N) is 2. The maximum atomic E-state index is 13.8. The number of amides is 1. The van der Waals surface area contributed by atoms with E-state index in [1.165, 1.54) is 28.6 Å². The van der Waals surface area contributed by atoms with Gasteiger partial charge in [0.2, 0.25) is 15.9 Å². The van der Waals surface area contributed by atoms with E-state index < -0.39 is 50.1 Å². The molecule has 3 saturated carbocycles. The van der Waals surface area contributed by atoms with Crippen LogP contribution in [0.3, 0.4) is 0 Å². The number of sulfonamides is 1. The van der Waals surface area contributed by atoms with E-state index in [1.54, 1.807) is 0 Å². The number of benzene rings is 2. The Balaban J connectivity index is 1.42. The molecule has 7 nitrogen and oxygen atoms in total. The molecule has 0 saturated heterocycles. The van der Waals surface area contributed by atoms with Crippen LogP contribution >= 0.6 is 0 Å². The molecule has 1 unspecified atom stereocenters. The Kier molecular flexibility index (Phi) is 6.61. The topological polar surface area (TPSA) is 90.9 Å². The fourth-order valence-corrected chi connectivity index (χ4v) is 7.93. The van der Waals surface area contributed by atoms with Gasteiger partial charge in [0, 0.05) is 23.5 Å². The lowest BCUT2D eigenvalue weighted by molar-refractivity contribution is -0.151. The molecule has 2 N–H and O–H groups in total. The summed E-state index contributed by atoms with van der Waals surface area (Å²) in [6.45, 7) is 7.39. The minimum absolute atomic E-state index is 0.0452. The standard InChI is InChI=1S/C28H32F4N4O3S/c1-17(2)33-23(37)22-25(3,4)35-24(34-22)26-14-27(15-26,16-26)36(40(38,39)21-11-9-20(29)10-12-21)13-18-5-7-19(8-6-18)28(30,31)32/h5-12,17,22H,13-16H2,1-4H3,(H,33,37)(H,34,35). The first-order chi connectivity index (χ1) is 18.5. The minimum Gasteiger partial charge on any atom is -0.366 e. The van der Waals surface area contributed by atoms with Crippen molar-refractivity contribution < 1.29 is 30.8 Å². The Bertz CT molecular complexity index is 1430. The molecule has 2 bridgehead atoms. The quantitative estimate of drug-likeness (QED) is 0.446. The van der Waals surface area contributed by atoms with Crippen LogP contribution in [-0.2, 0) is 27.5 Å².